The lowest BCUT2D eigenvalue weighted by Gasteiger charge is -2.26. The summed E-state index contributed by atoms with van der Waals surface area (Å²) < 4.78 is 5.13. The fourth-order valence-electron chi connectivity index (χ4n) is 1.61. The van der Waals surface area contributed by atoms with Gasteiger partial charge < -0.3 is 9.64 Å². The molecule has 0 saturated carbocycles. The second kappa shape index (κ2) is 6.64. The van der Waals surface area contributed by atoms with Crippen LogP contribution in [0.4, 0.5) is 0 Å². The predicted octanol–water partition coefficient (Wildman–Crippen LogP) is 2.94. The summed E-state index contributed by atoms with van der Waals surface area (Å²) in [5.74, 6) is 0.747. The Bertz CT molecular complexity index is 379. The minimum Gasteiger partial charge on any atom is -0.497 e. The number of carbonyl (C=O) groups is 1. The van der Waals surface area contributed by atoms with Gasteiger partial charge in [0.05, 0.1) is 7.11 Å². The summed E-state index contributed by atoms with van der Waals surface area (Å²) in [6, 6.07) is 7.44. The van der Waals surface area contributed by atoms with Crippen LogP contribution in [0.5, 0.6) is 5.75 Å². The van der Waals surface area contributed by atoms with E-state index < -0.39 is 0 Å². The third-order valence-electron chi connectivity index (χ3n) is 2.53. The average molecular weight is 300 g/mol. The zero-order valence-corrected chi connectivity index (χ0v) is 12.0. The Kier molecular flexibility index (Phi) is 5.48. The Morgan fingerprint density at radius 2 is 2.18 bits per heavy atom. The van der Waals surface area contributed by atoms with Gasteiger partial charge in [0.15, 0.2) is 0 Å². The van der Waals surface area contributed by atoms with Crippen molar-refractivity contribution in [3.8, 4) is 5.75 Å². The van der Waals surface area contributed by atoms with Gasteiger partial charge in [-0.3, -0.25) is 4.79 Å². The predicted molar refractivity (Wildman–Crippen MR) is 73.0 cm³/mol. The molecule has 94 valence electrons. The molecule has 0 aliphatic carbocycles. The minimum absolute atomic E-state index is 0.0401. The topological polar surface area (TPSA) is 29.5 Å². The summed E-state index contributed by atoms with van der Waals surface area (Å²) >= 11 is 3.37. The van der Waals surface area contributed by atoms with Crippen molar-refractivity contribution >= 4 is 21.8 Å². The van der Waals surface area contributed by atoms with Crippen molar-refractivity contribution in [2.24, 2.45) is 0 Å². The van der Waals surface area contributed by atoms with Gasteiger partial charge in [-0.1, -0.05) is 22.0 Å². The molecule has 17 heavy (non-hydrogen) atoms. The van der Waals surface area contributed by atoms with Gasteiger partial charge in [-0.15, -0.1) is 0 Å². The highest BCUT2D eigenvalue weighted by atomic mass is 79.9. The van der Waals surface area contributed by atoms with Crippen molar-refractivity contribution in [3.05, 3.63) is 29.8 Å². The molecular formula is C13H18BrNO2. The van der Waals surface area contributed by atoms with Crippen molar-refractivity contribution in [1.29, 1.82) is 0 Å². The van der Waals surface area contributed by atoms with Crippen LogP contribution in [0.3, 0.4) is 0 Å². The fourth-order valence-corrected chi connectivity index (χ4v) is 1.99. The first-order valence-corrected chi connectivity index (χ1v) is 6.73. The molecular weight excluding hydrogens is 282 g/mol. The summed E-state index contributed by atoms with van der Waals surface area (Å²) in [4.78, 5) is 14.1. The molecule has 0 saturated heterocycles. The molecule has 3 nitrogen and oxygen atoms in total. The molecule has 0 heterocycles. The van der Waals surface area contributed by atoms with E-state index >= 15 is 0 Å². The van der Waals surface area contributed by atoms with Crippen molar-refractivity contribution in [2.75, 3.05) is 19.0 Å². The standard InChI is InChI=1S/C13H18BrNO2/c1-10(2)15(8-7-14)13(16)11-5-4-6-12(9-11)17-3/h4-6,9-10H,7-8H2,1-3H3. The molecule has 0 atom stereocenters. The highest BCUT2D eigenvalue weighted by Gasteiger charge is 2.18. The monoisotopic (exact) mass is 299 g/mol. The number of halogens is 1. The van der Waals surface area contributed by atoms with E-state index in [9.17, 15) is 4.79 Å². The first-order valence-electron chi connectivity index (χ1n) is 5.61. The van der Waals surface area contributed by atoms with Crippen LogP contribution in [0.25, 0.3) is 0 Å². The van der Waals surface area contributed by atoms with Gasteiger partial charge >= 0.3 is 0 Å². The van der Waals surface area contributed by atoms with E-state index in [4.69, 9.17) is 4.74 Å². The maximum atomic E-state index is 12.3. The van der Waals surface area contributed by atoms with E-state index in [0.29, 0.717) is 17.9 Å². The molecule has 0 aliphatic heterocycles. The van der Waals surface area contributed by atoms with Crippen molar-refractivity contribution < 1.29 is 9.53 Å². The van der Waals surface area contributed by atoms with E-state index in [0.717, 1.165) is 5.33 Å². The summed E-state index contributed by atoms with van der Waals surface area (Å²) in [7, 11) is 1.60. The Hall–Kier alpha value is -1.03. The molecule has 0 N–H and O–H groups in total. The van der Waals surface area contributed by atoms with Crippen molar-refractivity contribution in [2.45, 2.75) is 19.9 Å². The molecule has 0 radical (unpaired) electrons. The number of alkyl halides is 1. The molecule has 0 aliphatic rings. The third-order valence-corrected chi connectivity index (χ3v) is 2.88. The summed E-state index contributed by atoms with van der Waals surface area (Å²) in [6.45, 7) is 4.73. The first kappa shape index (κ1) is 14.0. The normalized spacial score (nSPS) is 10.4. The zero-order valence-electron chi connectivity index (χ0n) is 10.4. The molecule has 0 bridgehead atoms. The maximum Gasteiger partial charge on any atom is 0.254 e. The summed E-state index contributed by atoms with van der Waals surface area (Å²) in [6.07, 6.45) is 0. The molecule has 0 aromatic heterocycles. The van der Waals surface area contributed by atoms with Crippen molar-refractivity contribution in [1.82, 2.24) is 4.90 Å². The number of carbonyl (C=O) groups excluding carboxylic acids is 1. The second-order valence-electron chi connectivity index (χ2n) is 4.01. The van der Waals surface area contributed by atoms with Crippen LogP contribution in [-0.4, -0.2) is 35.8 Å². The van der Waals surface area contributed by atoms with Gasteiger partial charge in [0, 0.05) is 23.5 Å². The molecule has 1 amide bonds. The molecule has 0 unspecified atom stereocenters. The van der Waals surface area contributed by atoms with Crippen LogP contribution in [0, 0.1) is 0 Å². The highest BCUT2D eigenvalue weighted by Crippen LogP contribution is 2.15. The van der Waals surface area contributed by atoms with E-state index in [1.54, 1.807) is 13.2 Å². The van der Waals surface area contributed by atoms with Gasteiger partial charge in [0.2, 0.25) is 0 Å². The van der Waals surface area contributed by atoms with E-state index in [-0.39, 0.29) is 11.9 Å². The Balaban J connectivity index is 2.92. The van der Waals surface area contributed by atoms with Crippen molar-refractivity contribution in [3.63, 3.8) is 0 Å². The molecule has 4 heteroatoms. The van der Waals surface area contributed by atoms with Crippen LogP contribution in [0.15, 0.2) is 24.3 Å². The molecule has 0 fully saturated rings. The number of nitrogens with zero attached hydrogens (tertiary/aromatic N) is 1. The lowest BCUT2D eigenvalue weighted by molar-refractivity contribution is 0.0719. The fraction of sp³-hybridized carbons (Fsp3) is 0.462. The number of benzene rings is 1. The van der Waals surface area contributed by atoms with Gasteiger partial charge in [0.1, 0.15) is 5.75 Å². The SMILES string of the molecule is COc1cccc(C(=O)N(CCBr)C(C)C)c1. The van der Waals surface area contributed by atoms with E-state index in [1.807, 2.05) is 36.9 Å². The third kappa shape index (κ3) is 3.73. The Labute approximate surface area is 111 Å². The van der Waals surface area contributed by atoms with Crippen LogP contribution in [-0.2, 0) is 0 Å². The Morgan fingerprint density at radius 3 is 2.71 bits per heavy atom. The smallest absolute Gasteiger partial charge is 0.254 e. The van der Waals surface area contributed by atoms with Gasteiger partial charge in [-0.05, 0) is 32.0 Å². The van der Waals surface area contributed by atoms with E-state index in [2.05, 4.69) is 15.9 Å². The zero-order chi connectivity index (χ0) is 12.8. The van der Waals surface area contributed by atoms with Gasteiger partial charge in [-0.2, -0.15) is 0 Å². The van der Waals surface area contributed by atoms with Gasteiger partial charge in [0.25, 0.3) is 5.91 Å². The number of methoxy groups -OCH3 is 1. The van der Waals surface area contributed by atoms with Gasteiger partial charge in [-0.25, -0.2) is 0 Å². The first-order chi connectivity index (χ1) is 8.10. The number of ether oxygens (including phenoxy) is 1. The van der Waals surface area contributed by atoms with E-state index in [1.165, 1.54) is 0 Å². The molecule has 1 aromatic rings. The highest BCUT2D eigenvalue weighted by molar-refractivity contribution is 9.09. The largest absolute Gasteiger partial charge is 0.497 e. The van der Waals surface area contributed by atoms with Crippen LogP contribution in [0.2, 0.25) is 0 Å². The summed E-state index contributed by atoms with van der Waals surface area (Å²) in [5, 5.41) is 0.779. The Morgan fingerprint density at radius 1 is 1.47 bits per heavy atom. The maximum absolute atomic E-state index is 12.3. The number of rotatable bonds is 5. The van der Waals surface area contributed by atoms with Crippen LogP contribution < -0.4 is 4.74 Å². The number of hydrogen-bond acceptors (Lipinski definition) is 2. The number of hydrogen-bond donors (Lipinski definition) is 0. The quantitative estimate of drug-likeness (QED) is 0.783. The van der Waals surface area contributed by atoms with Crippen LogP contribution >= 0.6 is 15.9 Å². The molecule has 1 aromatic carbocycles. The lowest BCUT2D eigenvalue weighted by Crippen LogP contribution is -2.38. The lowest BCUT2D eigenvalue weighted by atomic mass is 10.1. The number of amides is 1. The average Bonchev–Trinajstić information content (AvgIpc) is 2.34. The molecule has 1 rings (SSSR count). The second-order valence-corrected chi connectivity index (χ2v) is 4.81. The summed E-state index contributed by atoms with van der Waals surface area (Å²) in [5.41, 5.74) is 0.666. The van der Waals surface area contributed by atoms with Crippen LogP contribution in [0.1, 0.15) is 24.2 Å². The molecule has 0 spiro atoms. The minimum atomic E-state index is 0.0401.